The fourth-order valence-electron chi connectivity index (χ4n) is 3.92. The summed E-state index contributed by atoms with van der Waals surface area (Å²) in [5, 5.41) is 5.85. The maximum atomic E-state index is 12.6. The van der Waals surface area contributed by atoms with Gasteiger partial charge in [-0.25, -0.2) is 4.79 Å². The maximum absolute atomic E-state index is 12.6. The normalized spacial score (nSPS) is 20.0. The molecular formula is C20H30N4O2. The van der Waals surface area contributed by atoms with E-state index in [-0.39, 0.29) is 18.0 Å². The van der Waals surface area contributed by atoms with Crippen molar-refractivity contribution in [3.8, 4) is 0 Å². The Morgan fingerprint density at radius 3 is 2.27 bits per heavy atom. The van der Waals surface area contributed by atoms with Crippen LogP contribution in [0, 0.1) is 0 Å². The summed E-state index contributed by atoms with van der Waals surface area (Å²) in [5.41, 5.74) is 1.39. The number of rotatable bonds is 4. The molecule has 0 unspecified atom stereocenters. The van der Waals surface area contributed by atoms with Gasteiger partial charge in [-0.2, -0.15) is 0 Å². The number of likely N-dealkylation sites (N-methyl/N-ethyl adjacent to an activating group) is 1. The van der Waals surface area contributed by atoms with Crippen LogP contribution in [0.25, 0.3) is 0 Å². The Hall–Kier alpha value is -2.08. The molecule has 2 fully saturated rings. The highest BCUT2D eigenvalue weighted by atomic mass is 16.2. The van der Waals surface area contributed by atoms with Crippen LogP contribution < -0.4 is 10.6 Å². The zero-order chi connectivity index (χ0) is 18.4. The molecule has 2 saturated heterocycles. The summed E-state index contributed by atoms with van der Waals surface area (Å²) in [6.07, 6.45) is 3.87. The van der Waals surface area contributed by atoms with E-state index < -0.39 is 0 Å². The van der Waals surface area contributed by atoms with Crippen LogP contribution in [0.15, 0.2) is 30.3 Å². The van der Waals surface area contributed by atoms with Crippen LogP contribution in [0.3, 0.4) is 0 Å². The smallest absolute Gasteiger partial charge is 0.317 e. The molecule has 1 aromatic carbocycles. The van der Waals surface area contributed by atoms with E-state index in [9.17, 15) is 9.59 Å². The minimum atomic E-state index is 0.0498. The lowest BCUT2D eigenvalue weighted by molar-refractivity contribution is -0.122. The molecule has 6 heteroatoms. The van der Waals surface area contributed by atoms with E-state index in [1.54, 1.807) is 7.05 Å². The van der Waals surface area contributed by atoms with Gasteiger partial charge in [0.05, 0.1) is 6.54 Å². The minimum absolute atomic E-state index is 0.0498. The summed E-state index contributed by atoms with van der Waals surface area (Å²) in [5.74, 6) is 0.613. The zero-order valence-corrected chi connectivity index (χ0v) is 15.6. The molecule has 2 aliphatic rings. The van der Waals surface area contributed by atoms with E-state index in [2.05, 4.69) is 39.8 Å². The van der Waals surface area contributed by atoms with Crippen LogP contribution in [0.1, 0.15) is 37.2 Å². The third kappa shape index (κ3) is 4.97. The highest BCUT2D eigenvalue weighted by Gasteiger charge is 2.27. The number of carbonyl (C=O) groups is 2. The molecule has 0 aromatic heterocycles. The van der Waals surface area contributed by atoms with Gasteiger partial charge in [0, 0.05) is 39.3 Å². The quantitative estimate of drug-likeness (QED) is 0.862. The van der Waals surface area contributed by atoms with Crippen LogP contribution in [-0.2, 0) is 4.79 Å². The first-order valence-electron chi connectivity index (χ1n) is 9.69. The van der Waals surface area contributed by atoms with Gasteiger partial charge in [0.15, 0.2) is 0 Å². The second-order valence-electron chi connectivity index (χ2n) is 7.35. The molecule has 142 valence electrons. The van der Waals surface area contributed by atoms with Gasteiger partial charge >= 0.3 is 6.03 Å². The van der Waals surface area contributed by atoms with Crippen LogP contribution in [-0.4, -0.2) is 67.6 Å². The summed E-state index contributed by atoms with van der Waals surface area (Å²) < 4.78 is 0. The van der Waals surface area contributed by atoms with E-state index in [0.717, 1.165) is 51.9 Å². The molecule has 6 nitrogen and oxygen atoms in total. The van der Waals surface area contributed by atoms with Crippen molar-refractivity contribution in [1.82, 2.24) is 20.4 Å². The second kappa shape index (κ2) is 9.03. The van der Waals surface area contributed by atoms with Crippen LogP contribution in [0.5, 0.6) is 0 Å². The van der Waals surface area contributed by atoms with Gasteiger partial charge in [-0.15, -0.1) is 0 Å². The molecule has 3 amide bonds. The van der Waals surface area contributed by atoms with Crippen molar-refractivity contribution in [1.29, 1.82) is 0 Å². The monoisotopic (exact) mass is 358 g/mol. The van der Waals surface area contributed by atoms with Gasteiger partial charge in [0.2, 0.25) is 5.91 Å². The van der Waals surface area contributed by atoms with Crippen molar-refractivity contribution in [3.63, 3.8) is 0 Å². The van der Waals surface area contributed by atoms with Crippen LogP contribution in [0.4, 0.5) is 4.79 Å². The third-order valence-corrected chi connectivity index (χ3v) is 5.61. The highest BCUT2D eigenvalue weighted by molar-refractivity contribution is 5.77. The molecule has 0 aliphatic carbocycles. The van der Waals surface area contributed by atoms with Crippen molar-refractivity contribution in [2.45, 2.75) is 37.6 Å². The maximum Gasteiger partial charge on any atom is 0.317 e. The van der Waals surface area contributed by atoms with Gasteiger partial charge in [-0.1, -0.05) is 30.3 Å². The highest BCUT2D eigenvalue weighted by Crippen LogP contribution is 2.27. The van der Waals surface area contributed by atoms with E-state index >= 15 is 0 Å². The Kier molecular flexibility index (Phi) is 6.50. The number of likely N-dealkylation sites (tertiary alicyclic amines) is 2. The van der Waals surface area contributed by atoms with Gasteiger partial charge in [-0.3, -0.25) is 9.69 Å². The standard InChI is InChI=1S/C20H30N4O2/c1-21-19(25)15-23-11-9-18(10-12-23)22-20(26)24-13-7-17(8-14-24)16-5-3-2-4-6-16/h2-6,17-18H,7-15H2,1H3,(H,21,25)(H,22,26). The van der Waals surface area contributed by atoms with Gasteiger partial charge in [0.1, 0.15) is 0 Å². The lowest BCUT2D eigenvalue weighted by Crippen LogP contribution is -2.51. The Labute approximate surface area is 155 Å². The molecule has 2 heterocycles. The number of piperidine rings is 2. The van der Waals surface area contributed by atoms with E-state index in [1.165, 1.54) is 5.56 Å². The molecule has 1 aromatic rings. The number of carbonyl (C=O) groups excluding carboxylic acids is 2. The molecule has 0 radical (unpaired) electrons. The zero-order valence-electron chi connectivity index (χ0n) is 15.6. The molecule has 2 N–H and O–H groups in total. The first-order chi connectivity index (χ1) is 12.7. The number of hydrogen-bond donors (Lipinski definition) is 2. The van der Waals surface area contributed by atoms with Crippen molar-refractivity contribution in [2.24, 2.45) is 0 Å². The Bertz CT molecular complexity index is 591. The lowest BCUT2D eigenvalue weighted by Gasteiger charge is -2.36. The van der Waals surface area contributed by atoms with Crippen molar-refractivity contribution < 1.29 is 9.59 Å². The molecule has 0 atom stereocenters. The third-order valence-electron chi connectivity index (χ3n) is 5.61. The number of benzene rings is 1. The number of urea groups is 1. The lowest BCUT2D eigenvalue weighted by atomic mass is 9.89. The molecule has 26 heavy (non-hydrogen) atoms. The van der Waals surface area contributed by atoms with Crippen LogP contribution in [0.2, 0.25) is 0 Å². The fourth-order valence-corrected chi connectivity index (χ4v) is 3.92. The largest absolute Gasteiger partial charge is 0.358 e. The topological polar surface area (TPSA) is 64.7 Å². The second-order valence-corrected chi connectivity index (χ2v) is 7.35. The Morgan fingerprint density at radius 2 is 1.65 bits per heavy atom. The van der Waals surface area contributed by atoms with E-state index in [0.29, 0.717) is 12.5 Å². The van der Waals surface area contributed by atoms with Crippen molar-refractivity contribution in [2.75, 3.05) is 39.8 Å². The van der Waals surface area contributed by atoms with Gasteiger partial charge < -0.3 is 15.5 Å². The molecule has 0 bridgehead atoms. The number of hydrogen-bond acceptors (Lipinski definition) is 3. The summed E-state index contributed by atoms with van der Waals surface area (Å²) in [4.78, 5) is 28.1. The number of nitrogens with one attached hydrogen (secondary N) is 2. The van der Waals surface area contributed by atoms with Gasteiger partial charge in [0.25, 0.3) is 0 Å². The Morgan fingerprint density at radius 1 is 1.00 bits per heavy atom. The summed E-state index contributed by atoms with van der Waals surface area (Å²) in [7, 11) is 1.66. The minimum Gasteiger partial charge on any atom is -0.358 e. The first kappa shape index (κ1) is 18.7. The summed E-state index contributed by atoms with van der Waals surface area (Å²) in [6, 6.07) is 10.9. The van der Waals surface area contributed by atoms with Gasteiger partial charge in [-0.05, 0) is 37.2 Å². The predicted molar refractivity (Wildman–Crippen MR) is 102 cm³/mol. The van der Waals surface area contributed by atoms with Crippen molar-refractivity contribution in [3.05, 3.63) is 35.9 Å². The average molecular weight is 358 g/mol. The summed E-state index contributed by atoms with van der Waals surface area (Å²) in [6.45, 7) is 3.80. The number of nitrogens with zero attached hydrogens (tertiary/aromatic N) is 2. The SMILES string of the molecule is CNC(=O)CN1CCC(NC(=O)N2CCC(c3ccccc3)CC2)CC1. The Balaban J connectivity index is 1.39. The predicted octanol–water partition coefficient (Wildman–Crippen LogP) is 1.79. The fraction of sp³-hybridized carbons (Fsp3) is 0.600. The number of amides is 3. The first-order valence-corrected chi connectivity index (χ1v) is 9.69. The summed E-state index contributed by atoms with van der Waals surface area (Å²) >= 11 is 0. The van der Waals surface area contributed by atoms with E-state index in [4.69, 9.17) is 0 Å². The molecule has 2 aliphatic heterocycles. The van der Waals surface area contributed by atoms with E-state index in [1.807, 2.05) is 11.0 Å². The molecule has 3 rings (SSSR count). The molecule has 0 spiro atoms. The van der Waals surface area contributed by atoms with Crippen LogP contribution >= 0.6 is 0 Å². The average Bonchev–Trinajstić information content (AvgIpc) is 2.70. The van der Waals surface area contributed by atoms with Crippen molar-refractivity contribution >= 4 is 11.9 Å². The molecular weight excluding hydrogens is 328 g/mol. The molecule has 0 saturated carbocycles.